The Labute approximate surface area is 128 Å². The number of hydrogen-bond donors (Lipinski definition) is 1. The number of nitrogens with one attached hydrogen (secondary N) is 1. The van der Waals surface area contributed by atoms with E-state index < -0.39 is 0 Å². The van der Waals surface area contributed by atoms with Crippen LogP contribution in [0.5, 0.6) is 0 Å². The molecule has 2 aliphatic rings. The van der Waals surface area contributed by atoms with E-state index in [2.05, 4.69) is 41.4 Å². The van der Waals surface area contributed by atoms with Gasteiger partial charge in [0, 0.05) is 44.0 Å². The van der Waals surface area contributed by atoms with Gasteiger partial charge in [0.15, 0.2) is 0 Å². The van der Waals surface area contributed by atoms with Gasteiger partial charge in [-0.3, -0.25) is 9.58 Å². The minimum absolute atomic E-state index is 0.294. The van der Waals surface area contributed by atoms with Gasteiger partial charge < -0.3 is 5.32 Å². The Morgan fingerprint density at radius 2 is 1.95 bits per heavy atom. The van der Waals surface area contributed by atoms with Crippen molar-refractivity contribution in [2.24, 2.45) is 7.05 Å². The molecule has 2 heterocycles. The van der Waals surface area contributed by atoms with E-state index in [1.807, 2.05) is 11.7 Å². The van der Waals surface area contributed by atoms with Gasteiger partial charge in [0.1, 0.15) is 0 Å². The minimum atomic E-state index is 0.294. The number of hydrogen-bond acceptors (Lipinski definition) is 3. The Balaban J connectivity index is 1.82. The van der Waals surface area contributed by atoms with Crippen molar-refractivity contribution in [3.05, 3.63) is 18.0 Å². The van der Waals surface area contributed by atoms with Gasteiger partial charge in [-0.15, -0.1) is 0 Å². The molecule has 3 rings (SSSR count). The lowest BCUT2D eigenvalue weighted by atomic mass is 9.82. The van der Waals surface area contributed by atoms with E-state index in [4.69, 9.17) is 0 Å². The number of piperazine rings is 1. The second-order valence-corrected chi connectivity index (χ2v) is 7.11. The van der Waals surface area contributed by atoms with Gasteiger partial charge in [-0.05, 0) is 31.7 Å². The lowest BCUT2D eigenvalue weighted by molar-refractivity contribution is -0.00303. The van der Waals surface area contributed by atoms with Crippen molar-refractivity contribution in [2.75, 3.05) is 13.1 Å². The first kappa shape index (κ1) is 15.0. The van der Waals surface area contributed by atoms with Crippen LogP contribution >= 0.6 is 0 Å². The van der Waals surface area contributed by atoms with Gasteiger partial charge in [0.05, 0.1) is 5.69 Å². The standard InChI is InChI=1S/C17H30N4/c1-4-16(5-2)14-21(12-15-8-11-20(3)19-15)17(13-18-16)9-6-7-10-17/h8,11,18H,4-7,9-10,12-14H2,1-3H3. The zero-order valence-corrected chi connectivity index (χ0v) is 13.9. The molecule has 1 aliphatic heterocycles. The van der Waals surface area contributed by atoms with Crippen LogP contribution in [0.2, 0.25) is 0 Å². The quantitative estimate of drug-likeness (QED) is 0.925. The maximum Gasteiger partial charge on any atom is 0.0764 e. The van der Waals surface area contributed by atoms with Gasteiger partial charge in [-0.2, -0.15) is 5.10 Å². The molecule has 1 saturated heterocycles. The van der Waals surface area contributed by atoms with Gasteiger partial charge in [-0.25, -0.2) is 0 Å². The second-order valence-electron chi connectivity index (χ2n) is 7.11. The van der Waals surface area contributed by atoms with Gasteiger partial charge in [-0.1, -0.05) is 26.7 Å². The van der Waals surface area contributed by atoms with E-state index in [0.717, 1.165) is 19.6 Å². The predicted octanol–water partition coefficient (Wildman–Crippen LogP) is 2.70. The van der Waals surface area contributed by atoms with Crippen LogP contribution in [0, 0.1) is 0 Å². The van der Waals surface area contributed by atoms with Crippen LogP contribution in [0.3, 0.4) is 0 Å². The van der Waals surface area contributed by atoms with E-state index >= 15 is 0 Å². The molecule has 0 amide bonds. The Morgan fingerprint density at radius 3 is 2.52 bits per heavy atom. The fourth-order valence-corrected chi connectivity index (χ4v) is 4.27. The molecule has 118 valence electrons. The highest BCUT2D eigenvalue weighted by molar-refractivity contribution is 5.09. The molecular weight excluding hydrogens is 260 g/mol. The average Bonchev–Trinajstić information content (AvgIpc) is 3.12. The Kier molecular flexibility index (Phi) is 4.10. The van der Waals surface area contributed by atoms with Crippen LogP contribution < -0.4 is 5.32 Å². The molecule has 0 bridgehead atoms. The molecule has 1 aromatic rings. The fourth-order valence-electron chi connectivity index (χ4n) is 4.27. The van der Waals surface area contributed by atoms with Crippen LogP contribution in [0.25, 0.3) is 0 Å². The summed E-state index contributed by atoms with van der Waals surface area (Å²) >= 11 is 0. The van der Waals surface area contributed by atoms with Gasteiger partial charge in [0.25, 0.3) is 0 Å². The molecule has 1 spiro atoms. The predicted molar refractivity (Wildman–Crippen MR) is 86.1 cm³/mol. The van der Waals surface area contributed by atoms with Gasteiger partial charge >= 0.3 is 0 Å². The molecule has 0 atom stereocenters. The number of aryl methyl sites for hydroxylation is 1. The van der Waals surface area contributed by atoms with Crippen LogP contribution in [0.1, 0.15) is 58.1 Å². The summed E-state index contributed by atoms with van der Waals surface area (Å²) in [4.78, 5) is 2.76. The average molecular weight is 290 g/mol. The molecule has 1 N–H and O–H groups in total. The molecule has 1 aromatic heterocycles. The summed E-state index contributed by atoms with van der Waals surface area (Å²) in [6, 6.07) is 2.17. The first-order valence-corrected chi connectivity index (χ1v) is 8.60. The molecule has 4 nitrogen and oxygen atoms in total. The monoisotopic (exact) mass is 290 g/mol. The highest BCUT2D eigenvalue weighted by Gasteiger charge is 2.47. The van der Waals surface area contributed by atoms with Crippen molar-refractivity contribution in [2.45, 2.75) is 70.0 Å². The van der Waals surface area contributed by atoms with Crippen molar-refractivity contribution < 1.29 is 0 Å². The third-order valence-corrected chi connectivity index (χ3v) is 5.97. The van der Waals surface area contributed by atoms with E-state index in [-0.39, 0.29) is 0 Å². The Bertz CT molecular complexity index is 469. The molecule has 0 radical (unpaired) electrons. The largest absolute Gasteiger partial charge is 0.308 e. The van der Waals surface area contributed by atoms with Crippen molar-refractivity contribution in [3.8, 4) is 0 Å². The van der Waals surface area contributed by atoms with E-state index in [1.165, 1.54) is 44.2 Å². The second kappa shape index (κ2) is 5.73. The third kappa shape index (κ3) is 2.76. The summed E-state index contributed by atoms with van der Waals surface area (Å²) < 4.78 is 1.92. The van der Waals surface area contributed by atoms with E-state index in [1.54, 1.807) is 0 Å². The Hall–Kier alpha value is -0.870. The normalized spacial score (nSPS) is 24.7. The molecule has 1 saturated carbocycles. The summed E-state index contributed by atoms with van der Waals surface area (Å²) in [5.41, 5.74) is 1.89. The summed E-state index contributed by atoms with van der Waals surface area (Å²) in [5, 5.41) is 8.53. The summed E-state index contributed by atoms with van der Waals surface area (Å²) in [5.74, 6) is 0. The van der Waals surface area contributed by atoms with Crippen molar-refractivity contribution in [1.82, 2.24) is 20.0 Å². The van der Waals surface area contributed by atoms with Crippen LogP contribution in [0.4, 0.5) is 0 Å². The SMILES string of the molecule is CCC1(CC)CN(Cc2ccn(C)n2)C2(CCCC2)CN1. The van der Waals surface area contributed by atoms with Crippen LogP contribution in [0.15, 0.2) is 12.3 Å². The van der Waals surface area contributed by atoms with Crippen molar-refractivity contribution >= 4 is 0 Å². The van der Waals surface area contributed by atoms with E-state index in [9.17, 15) is 0 Å². The lowest BCUT2D eigenvalue weighted by Crippen LogP contribution is -2.68. The van der Waals surface area contributed by atoms with E-state index in [0.29, 0.717) is 11.1 Å². The molecule has 1 aliphatic carbocycles. The highest BCUT2D eigenvalue weighted by Crippen LogP contribution is 2.40. The zero-order chi connectivity index (χ0) is 14.9. The number of aromatic nitrogens is 2. The minimum Gasteiger partial charge on any atom is -0.308 e. The number of rotatable bonds is 4. The van der Waals surface area contributed by atoms with Crippen molar-refractivity contribution in [3.63, 3.8) is 0 Å². The van der Waals surface area contributed by atoms with Crippen LogP contribution in [-0.2, 0) is 13.6 Å². The van der Waals surface area contributed by atoms with Crippen molar-refractivity contribution in [1.29, 1.82) is 0 Å². The molecule has 2 fully saturated rings. The molecule has 0 unspecified atom stereocenters. The molecule has 21 heavy (non-hydrogen) atoms. The van der Waals surface area contributed by atoms with Crippen LogP contribution in [-0.4, -0.2) is 38.8 Å². The Morgan fingerprint density at radius 1 is 1.24 bits per heavy atom. The first-order valence-electron chi connectivity index (χ1n) is 8.60. The molecule has 0 aromatic carbocycles. The smallest absolute Gasteiger partial charge is 0.0764 e. The van der Waals surface area contributed by atoms with Gasteiger partial charge in [0.2, 0.25) is 0 Å². The summed E-state index contributed by atoms with van der Waals surface area (Å²) in [6.45, 7) is 7.96. The maximum atomic E-state index is 4.61. The summed E-state index contributed by atoms with van der Waals surface area (Å²) in [6.07, 6.45) is 9.92. The zero-order valence-electron chi connectivity index (χ0n) is 13.9. The highest BCUT2D eigenvalue weighted by atomic mass is 15.3. The summed E-state index contributed by atoms with van der Waals surface area (Å²) in [7, 11) is 2.01. The third-order valence-electron chi connectivity index (χ3n) is 5.97. The fraction of sp³-hybridized carbons (Fsp3) is 0.824. The number of nitrogens with zero attached hydrogens (tertiary/aromatic N) is 3. The lowest BCUT2D eigenvalue weighted by Gasteiger charge is -2.53. The molecular formula is C17H30N4. The first-order chi connectivity index (χ1) is 10.1. The topological polar surface area (TPSA) is 33.1 Å². The maximum absolute atomic E-state index is 4.61. The molecule has 4 heteroatoms.